The van der Waals surface area contributed by atoms with Crippen LogP contribution in [-0.2, 0) is 4.74 Å². The molecule has 0 saturated heterocycles. The molecule has 114 valence electrons. The molecule has 0 unspecified atom stereocenters. The van der Waals surface area contributed by atoms with Crippen LogP contribution in [0.2, 0.25) is 0 Å². The average Bonchev–Trinajstić information content (AvgIpc) is 2.81. The van der Waals surface area contributed by atoms with Crippen LogP contribution in [0.5, 0.6) is 0 Å². The zero-order chi connectivity index (χ0) is 15.4. The molecular weight excluding hydrogens is 280 g/mol. The Kier molecular flexibility index (Phi) is 4.36. The van der Waals surface area contributed by atoms with Crippen LogP contribution in [0.3, 0.4) is 0 Å². The lowest BCUT2D eigenvalue weighted by Gasteiger charge is -2.18. The Bertz CT molecular complexity index is 690. The summed E-state index contributed by atoms with van der Waals surface area (Å²) in [7, 11) is 0. The van der Waals surface area contributed by atoms with E-state index in [4.69, 9.17) is 9.26 Å². The Morgan fingerprint density at radius 2 is 2.00 bits per heavy atom. The lowest BCUT2D eigenvalue weighted by atomic mass is 10.5. The fourth-order valence-corrected chi connectivity index (χ4v) is 1.71. The van der Waals surface area contributed by atoms with Crippen molar-refractivity contribution in [2.24, 2.45) is 0 Å². The van der Waals surface area contributed by atoms with Gasteiger partial charge in [0.2, 0.25) is 5.95 Å². The smallest absolute Gasteiger partial charge is 0.450 e. The summed E-state index contributed by atoms with van der Waals surface area (Å²) in [6.07, 6.45) is -0.709. The van der Waals surface area contributed by atoms with Crippen molar-refractivity contribution in [3.05, 3.63) is 10.6 Å². The molecule has 2 heterocycles. The summed E-state index contributed by atoms with van der Waals surface area (Å²) < 4.78 is 10.5. The average molecular weight is 296 g/mol. The lowest BCUT2D eigenvalue weighted by molar-refractivity contribution is 0.167. The van der Waals surface area contributed by atoms with Crippen molar-refractivity contribution >= 4 is 23.8 Å². The van der Waals surface area contributed by atoms with Crippen LogP contribution >= 0.6 is 0 Å². The van der Waals surface area contributed by atoms with Gasteiger partial charge in [0.05, 0.1) is 6.61 Å². The van der Waals surface area contributed by atoms with Gasteiger partial charge in [0.15, 0.2) is 0 Å². The van der Waals surface area contributed by atoms with Gasteiger partial charge in [0.1, 0.15) is 0 Å². The van der Waals surface area contributed by atoms with Gasteiger partial charge in [-0.3, -0.25) is 5.32 Å². The summed E-state index contributed by atoms with van der Waals surface area (Å²) in [6, 6.07) is 0. The first-order chi connectivity index (χ1) is 10.1. The SMILES string of the molecule is CCOC(=O)Nc1nc(N(CC)CC)nc2nc(=O)on12. The van der Waals surface area contributed by atoms with Gasteiger partial charge < -0.3 is 14.2 Å². The lowest BCUT2D eigenvalue weighted by Crippen LogP contribution is -2.26. The molecule has 10 nitrogen and oxygen atoms in total. The first-order valence-electron chi connectivity index (χ1n) is 6.55. The standard InChI is InChI=1S/C11H16N6O4/c1-4-16(5-2)7-12-8(14-10(18)20-6-3)17-9(13-7)15-11(19)21-17/h4-6H2,1-3H3,(H,12,13,14,15,18,19). The molecule has 2 rings (SSSR count). The highest BCUT2D eigenvalue weighted by Gasteiger charge is 2.17. The number of hydrogen-bond donors (Lipinski definition) is 1. The number of nitrogens with one attached hydrogen (secondary N) is 1. The number of carbonyl (C=O) groups is 1. The van der Waals surface area contributed by atoms with E-state index in [2.05, 4.69) is 20.3 Å². The van der Waals surface area contributed by atoms with Gasteiger partial charge in [-0.25, -0.2) is 9.59 Å². The number of anilines is 2. The predicted octanol–water partition coefficient (Wildman–Crippen LogP) is 0.492. The first kappa shape index (κ1) is 14.8. The summed E-state index contributed by atoms with van der Waals surface area (Å²) in [5.41, 5.74) is 0. The van der Waals surface area contributed by atoms with Gasteiger partial charge in [0.25, 0.3) is 11.7 Å². The van der Waals surface area contributed by atoms with E-state index >= 15 is 0 Å². The Hall–Kier alpha value is -2.65. The van der Waals surface area contributed by atoms with Gasteiger partial charge in [-0.2, -0.15) is 9.97 Å². The van der Waals surface area contributed by atoms with Gasteiger partial charge in [-0.1, -0.05) is 4.57 Å². The third-order valence-corrected chi connectivity index (χ3v) is 2.68. The number of hydrogen-bond acceptors (Lipinski definition) is 8. The quantitative estimate of drug-likeness (QED) is 0.847. The largest absolute Gasteiger partial charge is 0.462 e. The summed E-state index contributed by atoms with van der Waals surface area (Å²) in [5.74, 6) is -0.494. The second-order valence-corrected chi connectivity index (χ2v) is 3.93. The zero-order valence-electron chi connectivity index (χ0n) is 12.0. The number of rotatable bonds is 5. The van der Waals surface area contributed by atoms with Crippen LogP contribution in [0.15, 0.2) is 9.32 Å². The number of nitrogens with zero attached hydrogens (tertiary/aromatic N) is 5. The zero-order valence-corrected chi connectivity index (χ0v) is 12.0. The topological polar surface area (TPSA) is 115 Å². The third kappa shape index (κ3) is 3.09. The number of aromatic nitrogens is 4. The van der Waals surface area contributed by atoms with E-state index in [1.807, 2.05) is 18.7 Å². The molecule has 1 amide bonds. The predicted molar refractivity (Wildman–Crippen MR) is 73.5 cm³/mol. The van der Waals surface area contributed by atoms with E-state index in [1.165, 1.54) is 0 Å². The Morgan fingerprint density at radius 1 is 1.29 bits per heavy atom. The molecule has 21 heavy (non-hydrogen) atoms. The molecule has 1 N–H and O–H groups in total. The number of ether oxygens (including phenoxy) is 1. The molecule has 0 aliphatic heterocycles. The van der Waals surface area contributed by atoms with E-state index < -0.39 is 11.8 Å². The van der Waals surface area contributed by atoms with Crippen LogP contribution in [0.1, 0.15) is 20.8 Å². The highest BCUT2D eigenvalue weighted by molar-refractivity contribution is 5.82. The molecule has 0 atom stereocenters. The maximum absolute atomic E-state index is 11.5. The third-order valence-electron chi connectivity index (χ3n) is 2.68. The summed E-state index contributed by atoms with van der Waals surface area (Å²) >= 11 is 0. The number of fused-ring (bicyclic) bond motifs is 1. The normalized spacial score (nSPS) is 10.6. The molecular formula is C11H16N6O4. The first-order valence-corrected chi connectivity index (χ1v) is 6.55. The summed E-state index contributed by atoms with van der Waals surface area (Å²) in [5, 5.41) is 2.39. The van der Waals surface area contributed by atoms with Crippen LogP contribution in [0.4, 0.5) is 16.7 Å². The Morgan fingerprint density at radius 3 is 2.62 bits per heavy atom. The highest BCUT2D eigenvalue weighted by Crippen LogP contribution is 2.13. The Labute approximate surface area is 119 Å². The fraction of sp³-hybridized carbons (Fsp3) is 0.545. The number of amides is 1. The molecule has 2 aromatic heterocycles. The van der Waals surface area contributed by atoms with Crippen molar-refractivity contribution in [3.63, 3.8) is 0 Å². The van der Waals surface area contributed by atoms with Gasteiger partial charge in [0, 0.05) is 13.1 Å². The van der Waals surface area contributed by atoms with Crippen LogP contribution in [0.25, 0.3) is 5.78 Å². The maximum Gasteiger partial charge on any atom is 0.462 e. The van der Waals surface area contributed by atoms with E-state index in [0.29, 0.717) is 19.0 Å². The minimum atomic E-state index is -0.826. The molecule has 0 aliphatic rings. The van der Waals surface area contributed by atoms with E-state index in [1.54, 1.807) is 6.92 Å². The Balaban J connectivity index is 2.49. The minimum absolute atomic E-state index is 0.0173. The molecule has 10 heteroatoms. The molecule has 0 aromatic carbocycles. The minimum Gasteiger partial charge on any atom is -0.450 e. The van der Waals surface area contributed by atoms with Crippen molar-refractivity contribution in [3.8, 4) is 0 Å². The van der Waals surface area contributed by atoms with Gasteiger partial charge in [-0.05, 0) is 20.8 Å². The van der Waals surface area contributed by atoms with Crippen molar-refractivity contribution in [2.75, 3.05) is 29.9 Å². The van der Waals surface area contributed by atoms with E-state index in [-0.39, 0.29) is 18.3 Å². The van der Waals surface area contributed by atoms with Gasteiger partial charge >= 0.3 is 11.8 Å². The number of carbonyl (C=O) groups excluding carboxylic acids is 1. The monoisotopic (exact) mass is 296 g/mol. The summed E-state index contributed by atoms with van der Waals surface area (Å²) in [6.45, 7) is 7.07. The molecule has 0 fully saturated rings. The molecule has 0 radical (unpaired) electrons. The van der Waals surface area contributed by atoms with Crippen LogP contribution in [0, 0.1) is 0 Å². The van der Waals surface area contributed by atoms with Crippen molar-refractivity contribution < 1.29 is 14.1 Å². The van der Waals surface area contributed by atoms with E-state index in [9.17, 15) is 9.59 Å². The van der Waals surface area contributed by atoms with Gasteiger partial charge in [-0.15, -0.1) is 4.98 Å². The van der Waals surface area contributed by atoms with Crippen LogP contribution in [-0.4, -0.2) is 45.3 Å². The molecule has 0 bridgehead atoms. The summed E-state index contributed by atoms with van der Waals surface area (Å²) in [4.78, 5) is 36.5. The fourth-order valence-electron chi connectivity index (χ4n) is 1.71. The van der Waals surface area contributed by atoms with Crippen LogP contribution < -0.4 is 16.0 Å². The maximum atomic E-state index is 11.5. The molecule has 0 spiro atoms. The molecule has 2 aromatic rings. The second kappa shape index (κ2) is 6.20. The van der Waals surface area contributed by atoms with E-state index in [0.717, 1.165) is 4.57 Å². The van der Waals surface area contributed by atoms with Crippen molar-refractivity contribution in [2.45, 2.75) is 20.8 Å². The van der Waals surface area contributed by atoms with Crippen molar-refractivity contribution in [1.29, 1.82) is 0 Å². The highest BCUT2D eigenvalue weighted by atomic mass is 16.6. The second-order valence-electron chi connectivity index (χ2n) is 3.93. The molecule has 0 saturated carbocycles. The molecule has 0 aliphatic carbocycles. The van der Waals surface area contributed by atoms with Crippen molar-refractivity contribution in [1.82, 2.24) is 19.5 Å².